The summed E-state index contributed by atoms with van der Waals surface area (Å²) in [7, 11) is -12.0. The van der Waals surface area contributed by atoms with E-state index in [0.29, 0.717) is 31.5 Å². The van der Waals surface area contributed by atoms with Crippen LogP contribution >= 0.6 is 0 Å². The molecule has 53 heavy (non-hydrogen) atoms. The van der Waals surface area contributed by atoms with Crippen molar-refractivity contribution in [3.63, 3.8) is 0 Å². The van der Waals surface area contributed by atoms with Crippen molar-refractivity contribution in [1.29, 1.82) is 0 Å². The molecule has 0 atom stereocenters. The summed E-state index contributed by atoms with van der Waals surface area (Å²) in [5.74, 6) is -0.0685. The smallest absolute Gasteiger partial charge is 0.245 e. The lowest BCUT2D eigenvalue weighted by molar-refractivity contribution is 0.103. The number of carbonyl (C=O) groups is 1. The summed E-state index contributed by atoms with van der Waals surface area (Å²) < 4.78 is 99.1. The molecule has 3 aromatic carbocycles. The molecule has 17 heteroatoms. The number of rotatable bonds is 12. The maximum absolute atomic E-state index is 12.8. The van der Waals surface area contributed by atoms with E-state index in [4.69, 9.17) is 0 Å². The average molecular weight is 803 g/mol. The van der Waals surface area contributed by atoms with Crippen molar-refractivity contribution in [2.45, 2.75) is 19.8 Å². The highest BCUT2D eigenvalue weighted by molar-refractivity contribution is 8.10. The molecule has 0 radical (unpaired) electrons. The number of hydrogen-bond donors (Lipinski definition) is 0. The van der Waals surface area contributed by atoms with Crippen molar-refractivity contribution < 1.29 is 38.5 Å². The van der Waals surface area contributed by atoms with Crippen LogP contribution in [0.1, 0.15) is 44.1 Å². The first kappa shape index (κ1) is 41.1. The summed E-state index contributed by atoms with van der Waals surface area (Å²) >= 11 is 0. The quantitative estimate of drug-likeness (QED) is 0.168. The van der Waals surface area contributed by atoms with Crippen LogP contribution in [0.25, 0.3) is 0 Å². The van der Waals surface area contributed by atoms with Gasteiger partial charge in [0.1, 0.15) is 0 Å². The second-order valence-corrected chi connectivity index (χ2v) is 20.5. The summed E-state index contributed by atoms with van der Waals surface area (Å²) in [6, 6.07) is 27.7. The molecular weight excluding hydrogens is 761 g/mol. The van der Waals surface area contributed by atoms with Gasteiger partial charge in [-0.2, -0.15) is 7.42 Å². The minimum absolute atomic E-state index is 0.0517. The Hall–Kier alpha value is -4.71. The molecule has 0 N–H and O–H groups in total. The number of sulfonamides is 4. The van der Waals surface area contributed by atoms with Gasteiger partial charge in [-0.25, -0.2) is 33.7 Å². The fraction of sp³-hybridized carbons (Fsp3) is 0.250. The van der Waals surface area contributed by atoms with Crippen LogP contribution in [-0.4, -0.2) is 73.6 Å². The SMILES string of the molecule is Cc1ccc(C(=O)c2ccc(Cc3ccc(N(S(C)(=O)=O)S(C)(=O)=O)cc3)n2C)cc1.Cn1cccc1Cc1ccc(N(S(C)(=O)=O)S(C)(=O)=O)cc1. The van der Waals surface area contributed by atoms with Gasteiger partial charge < -0.3 is 9.13 Å². The molecule has 13 nitrogen and oxygen atoms in total. The lowest BCUT2D eigenvalue weighted by atomic mass is 10.1. The number of hydrogen-bond acceptors (Lipinski definition) is 9. The van der Waals surface area contributed by atoms with Gasteiger partial charge in [0, 0.05) is 50.1 Å². The molecule has 284 valence electrons. The molecule has 2 heterocycles. The van der Waals surface area contributed by atoms with Crippen LogP contribution in [0.4, 0.5) is 11.4 Å². The second-order valence-electron chi connectivity index (χ2n) is 12.7. The third-order valence-corrected chi connectivity index (χ3v) is 14.6. The van der Waals surface area contributed by atoms with Gasteiger partial charge in [-0.1, -0.05) is 54.1 Å². The van der Waals surface area contributed by atoms with Crippen molar-refractivity contribution in [3.05, 3.63) is 143 Å². The predicted octanol–water partition coefficient (Wildman–Crippen LogP) is 4.22. The van der Waals surface area contributed by atoms with E-state index in [-0.39, 0.29) is 17.2 Å². The lowest BCUT2D eigenvalue weighted by Crippen LogP contribution is -2.35. The zero-order valence-electron chi connectivity index (χ0n) is 30.3. The van der Waals surface area contributed by atoms with Gasteiger partial charge in [0.25, 0.3) is 0 Å². The zero-order valence-corrected chi connectivity index (χ0v) is 33.6. The van der Waals surface area contributed by atoms with Crippen molar-refractivity contribution in [2.75, 3.05) is 32.4 Å². The fourth-order valence-electron chi connectivity index (χ4n) is 5.64. The summed E-state index contributed by atoms with van der Waals surface area (Å²) in [6.45, 7) is 1.96. The Morgan fingerprint density at radius 1 is 0.547 bits per heavy atom. The Kier molecular flexibility index (Phi) is 12.2. The van der Waals surface area contributed by atoms with Crippen LogP contribution in [0.2, 0.25) is 0 Å². The van der Waals surface area contributed by atoms with Crippen LogP contribution in [0.3, 0.4) is 0 Å². The molecule has 0 unspecified atom stereocenters. The molecule has 5 aromatic rings. The van der Waals surface area contributed by atoms with Crippen LogP contribution in [-0.2, 0) is 67.0 Å². The van der Waals surface area contributed by atoms with Crippen molar-refractivity contribution in [3.8, 4) is 0 Å². The largest absolute Gasteiger partial charge is 0.354 e. The molecular formula is C36H42N4O9S4. The van der Waals surface area contributed by atoms with E-state index in [1.807, 2.05) is 66.7 Å². The highest BCUT2D eigenvalue weighted by Gasteiger charge is 2.28. The number of carbonyl (C=O) groups excluding carboxylic acids is 1. The molecule has 5 rings (SSSR count). The highest BCUT2D eigenvalue weighted by Crippen LogP contribution is 2.24. The van der Waals surface area contributed by atoms with Gasteiger partial charge >= 0.3 is 0 Å². The molecule has 0 aliphatic carbocycles. The Morgan fingerprint density at radius 2 is 0.962 bits per heavy atom. The number of ketones is 1. The summed E-state index contributed by atoms with van der Waals surface area (Å²) in [6.07, 6.45) is 6.55. The number of aryl methyl sites for hydroxylation is 2. The fourth-order valence-corrected chi connectivity index (χ4v) is 11.6. The van der Waals surface area contributed by atoms with E-state index in [2.05, 4.69) is 0 Å². The Balaban J connectivity index is 0.000000251. The van der Waals surface area contributed by atoms with Gasteiger partial charge in [-0.3, -0.25) is 4.79 Å². The predicted molar refractivity (Wildman–Crippen MR) is 208 cm³/mol. The highest BCUT2D eigenvalue weighted by atomic mass is 32.3. The molecule has 0 amide bonds. The Labute approximate surface area is 312 Å². The second kappa shape index (κ2) is 15.7. The summed E-state index contributed by atoms with van der Waals surface area (Å²) in [4.78, 5) is 12.8. The number of anilines is 2. The van der Waals surface area contributed by atoms with Gasteiger partial charge in [0.15, 0.2) is 0 Å². The summed E-state index contributed by atoms with van der Waals surface area (Å²) in [5.41, 5.74) is 6.24. The van der Waals surface area contributed by atoms with Crippen LogP contribution < -0.4 is 7.42 Å². The van der Waals surface area contributed by atoms with Crippen molar-refractivity contribution >= 4 is 57.3 Å². The number of benzene rings is 3. The lowest BCUT2D eigenvalue weighted by Gasteiger charge is -2.20. The molecule has 2 aromatic heterocycles. The third kappa shape index (κ3) is 10.5. The minimum Gasteiger partial charge on any atom is -0.354 e. The number of nitrogens with zero attached hydrogens (tertiary/aromatic N) is 4. The van der Waals surface area contributed by atoms with E-state index in [1.54, 1.807) is 42.5 Å². The van der Waals surface area contributed by atoms with Gasteiger partial charge in [-0.15, -0.1) is 0 Å². The maximum atomic E-state index is 12.8. The molecule has 0 saturated heterocycles. The molecule has 0 fully saturated rings. The molecule has 0 spiro atoms. The van der Waals surface area contributed by atoms with E-state index in [0.717, 1.165) is 53.1 Å². The first-order chi connectivity index (χ1) is 24.5. The van der Waals surface area contributed by atoms with E-state index in [1.165, 1.54) is 24.3 Å². The first-order valence-electron chi connectivity index (χ1n) is 15.9. The standard InChI is InChI=1S/C22H24N2O5S2.C14H18N2O4S2/c1-16-5-9-18(10-6-16)22(25)21-14-13-20(23(21)2)15-17-7-11-19(12-8-17)24(30(3,26)27)31(4,28)29;1-15-10-4-5-14(15)11-12-6-8-13(9-7-12)16(21(2,17)18)22(3,19)20/h5-14H,15H2,1-4H3;4-10H,11H2,1-3H3. The molecule has 0 bridgehead atoms. The van der Waals surface area contributed by atoms with Gasteiger partial charge in [0.05, 0.1) is 42.1 Å². The van der Waals surface area contributed by atoms with Crippen molar-refractivity contribution in [1.82, 2.24) is 9.13 Å². The molecule has 0 aliphatic rings. The third-order valence-electron chi connectivity index (χ3n) is 8.09. The summed E-state index contributed by atoms with van der Waals surface area (Å²) in [5, 5.41) is 0. The molecule has 0 saturated carbocycles. The topological polar surface area (TPSA) is 170 Å². The Bertz CT molecular complexity index is 2480. The van der Waals surface area contributed by atoms with E-state index < -0.39 is 40.1 Å². The first-order valence-corrected chi connectivity index (χ1v) is 23.3. The normalized spacial score (nSPS) is 12.1. The number of aromatic nitrogens is 2. The average Bonchev–Trinajstić information content (AvgIpc) is 3.60. The van der Waals surface area contributed by atoms with E-state index >= 15 is 0 Å². The Morgan fingerprint density at radius 3 is 1.34 bits per heavy atom. The minimum atomic E-state index is -3.99. The molecule has 0 aliphatic heterocycles. The van der Waals surface area contributed by atoms with Crippen LogP contribution in [0, 0.1) is 6.92 Å². The van der Waals surface area contributed by atoms with E-state index in [9.17, 15) is 38.5 Å². The van der Waals surface area contributed by atoms with Gasteiger partial charge in [-0.05, 0) is 66.6 Å². The van der Waals surface area contributed by atoms with Crippen LogP contribution in [0.15, 0.2) is 103 Å². The van der Waals surface area contributed by atoms with Crippen LogP contribution in [0.5, 0.6) is 0 Å². The maximum Gasteiger partial charge on any atom is 0.245 e. The zero-order chi connectivity index (χ0) is 39.5. The van der Waals surface area contributed by atoms with Crippen molar-refractivity contribution in [2.24, 2.45) is 14.1 Å². The monoisotopic (exact) mass is 802 g/mol. The van der Waals surface area contributed by atoms with Gasteiger partial charge in [0.2, 0.25) is 45.9 Å².